The summed E-state index contributed by atoms with van der Waals surface area (Å²) in [5.74, 6) is 0.903. The van der Waals surface area contributed by atoms with Gasteiger partial charge in [-0.05, 0) is 25.1 Å². The molecular formula is C13H18N4O. The molecule has 1 aromatic carbocycles. The molecule has 2 N–H and O–H groups in total. The van der Waals surface area contributed by atoms with E-state index in [1.54, 1.807) is 6.33 Å². The van der Waals surface area contributed by atoms with E-state index >= 15 is 0 Å². The van der Waals surface area contributed by atoms with Crippen molar-refractivity contribution in [2.24, 2.45) is 0 Å². The lowest BCUT2D eigenvalue weighted by molar-refractivity contribution is 0.154. The van der Waals surface area contributed by atoms with Crippen LogP contribution in [0.3, 0.4) is 0 Å². The maximum absolute atomic E-state index is 5.75. The molecular weight excluding hydrogens is 228 g/mol. The molecule has 0 unspecified atom stereocenters. The van der Waals surface area contributed by atoms with Crippen LogP contribution in [-0.2, 0) is 4.74 Å². The lowest BCUT2D eigenvalue weighted by Crippen LogP contribution is -2.23. The van der Waals surface area contributed by atoms with Crippen molar-refractivity contribution in [2.45, 2.75) is 6.92 Å². The molecule has 18 heavy (non-hydrogen) atoms. The van der Waals surface area contributed by atoms with Crippen LogP contribution in [0.25, 0.3) is 10.9 Å². The van der Waals surface area contributed by atoms with Crippen molar-refractivity contribution in [1.29, 1.82) is 0 Å². The number of nitrogens with two attached hydrogens (primary N) is 1. The molecule has 0 aliphatic carbocycles. The quantitative estimate of drug-likeness (QED) is 0.642. The van der Waals surface area contributed by atoms with Crippen LogP contribution in [0, 0.1) is 0 Å². The molecule has 5 heteroatoms. The van der Waals surface area contributed by atoms with Gasteiger partial charge in [0, 0.05) is 31.3 Å². The molecule has 96 valence electrons. The Balaban J connectivity index is 2.27. The first-order valence-corrected chi connectivity index (χ1v) is 6.01. The molecule has 0 amide bonds. The third kappa shape index (κ3) is 2.68. The van der Waals surface area contributed by atoms with Gasteiger partial charge in [-0.2, -0.15) is 0 Å². The van der Waals surface area contributed by atoms with Crippen LogP contribution >= 0.6 is 0 Å². The average molecular weight is 246 g/mol. The van der Waals surface area contributed by atoms with E-state index in [1.165, 1.54) is 0 Å². The number of aromatic nitrogens is 2. The highest BCUT2D eigenvalue weighted by Crippen LogP contribution is 2.23. The number of fused-ring (bicyclic) bond motifs is 1. The zero-order valence-electron chi connectivity index (χ0n) is 10.8. The van der Waals surface area contributed by atoms with Crippen molar-refractivity contribution >= 4 is 22.4 Å². The molecule has 0 aliphatic rings. The van der Waals surface area contributed by atoms with Crippen LogP contribution in [0.15, 0.2) is 24.5 Å². The zero-order valence-corrected chi connectivity index (χ0v) is 10.8. The second kappa shape index (κ2) is 5.64. The van der Waals surface area contributed by atoms with Crippen LogP contribution in [-0.4, -0.2) is 36.8 Å². The Morgan fingerprint density at radius 1 is 1.33 bits per heavy atom. The zero-order chi connectivity index (χ0) is 13.0. The Kier molecular flexibility index (Phi) is 3.94. The minimum atomic E-state index is 0.688. The Bertz CT molecular complexity index is 529. The molecule has 0 spiro atoms. The minimum Gasteiger partial charge on any atom is -0.399 e. The maximum Gasteiger partial charge on any atom is 0.139 e. The fourth-order valence-electron chi connectivity index (χ4n) is 1.82. The Morgan fingerprint density at radius 3 is 2.94 bits per heavy atom. The van der Waals surface area contributed by atoms with Crippen LogP contribution in [0.4, 0.5) is 11.5 Å². The predicted octanol–water partition coefficient (Wildman–Crippen LogP) is 1.68. The number of hydrogen-bond donors (Lipinski definition) is 1. The van der Waals surface area contributed by atoms with Gasteiger partial charge in [-0.25, -0.2) is 9.97 Å². The average Bonchev–Trinajstić information content (AvgIpc) is 2.37. The number of rotatable bonds is 5. The molecule has 0 fully saturated rings. The Morgan fingerprint density at radius 2 is 2.17 bits per heavy atom. The highest BCUT2D eigenvalue weighted by Gasteiger charge is 2.08. The monoisotopic (exact) mass is 246 g/mol. The van der Waals surface area contributed by atoms with Gasteiger partial charge >= 0.3 is 0 Å². The third-order valence-corrected chi connectivity index (χ3v) is 2.78. The van der Waals surface area contributed by atoms with Crippen molar-refractivity contribution in [3.8, 4) is 0 Å². The van der Waals surface area contributed by atoms with E-state index in [9.17, 15) is 0 Å². The van der Waals surface area contributed by atoms with E-state index in [4.69, 9.17) is 10.5 Å². The van der Waals surface area contributed by atoms with E-state index in [1.807, 2.05) is 32.2 Å². The Labute approximate surface area is 107 Å². The smallest absolute Gasteiger partial charge is 0.139 e. The SMILES string of the molecule is CCOCCN(C)c1ncnc2cc(N)ccc12. The lowest BCUT2D eigenvalue weighted by atomic mass is 10.2. The maximum atomic E-state index is 5.75. The summed E-state index contributed by atoms with van der Waals surface area (Å²) in [6.45, 7) is 4.20. The van der Waals surface area contributed by atoms with Crippen LogP contribution in [0.1, 0.15) is 6.92 Å². The molecule has 0 radical (unpaired) electrons. The van der Waals surface area contributed by atoms with Gasteiger partial charge in [-0.15, -0.1) is 0 Å². The van der Waals surface area contributed by atoms with Crippen molar-refractivity contribution in [1.82, 2.24) is 9.97 Å². The third-order valence-electron chi connectivity index (χ3n) is 2.78. The van der Waals surface area contributed by atoms with Gasteiger partial charge in [0.05, 0.1) is 12.1 Å². The van der Waals surface area contributed by atoms with Crippen molar-refractivity contribution in [3.05, 3.63) is 24.5 Å². The first kappa shape index (κ1) is 12.6. The standard InChI is InChI=1S/C13H18N4O/c1-3-18-7-6-17(2)13-11-5-4-10(14)8-12(11)15-9-16-13/h4-5,8-9H,3,6-7,14H2,1-2H3. The summed E-state index contributed by atoms with van der Waals surface area (Å²) in [6, 6.07) is 5.68. The first-order valence-electron chi connectivity index (χ1n) is 6.01. The highest BCUT2D eigenvalue weighted by atomic mass is 16.5. The topological polar surface area (TPSA) is 64.3 Å². The normalized spacial score (nSPS) is 10.8. The summed E-state index contributed by atoms with van der Waals surface area (Å²) in [4.78, 5) is 10.6. The molecule has 0 saturated heterocycles. The van der Waals surface area contributed by atoms with E-state index in [0.29, 0.717) is 12.3 Å². The molecule has 1 heterocycles. The molecule has 2 rings (SSSR count). The summed E-state index contributed by atoms with van der Waals surface area (Å²) in [7, 11) is 2.00. The summed E-state index contributed by atoms with van der Waals surface area (Å²) in [5.41, 5.74) is 7.33. The number of likely N-dealkylation sites (N-methyl/N-ethyl adjacent to an activating group) is 1. The number of hydrogen-bond acceptors (Lipinski definition) is 5. The molecule has 0 saturated carbocycles. The molecule has 1 aromatic heterocycles. The van der Waals surface area contributed by atoms with Crippen LogP contribution in [0.2, 0.25) is 0 Å². The van der Waals surface area contributed by atoms with Gasteiger partial charge in [0.25, 0.3) is 0 Å². The van der Waals surface area contributed by atoms with Crippen molar-refractivity contribution < 1.29 is 4.74 Å². The summed E-state index contributed by atoms with van der Waals surface area (Å²) >= 11 is 0. The summed E-state index contributed by atoms with van der Waals surface area (Å²) in [5, 5.41) is 1.01. The summed E-state index contributed by atoms with van der Waals surface area (Å²) in [6.07, 6.45) is 1.56. The van der Waals surface area contributed by atoms with E-state index in [-0.39, 0.29) is 0 Å². The number of anilines is 2. The largest absolute Gasteiger partial charge is 0.399 e. The van der Waals surface area contributed by atoms with E-state index < -0.39 is 0 Å². The fourth-order valence-corrected chi connectivity index (χ4v) is 1.82. The molecule has 0 atom stereocenters. The van der Waals surface area contributed by atoms with Gasteiger partial charge in [-0.1, -0.05) is 0 Å². The second-order valence-corrected chi connectivity index (χ2v) is 4.09. The summed E-state index contributed by atoms with van der Waals surface area (Å²) < 4.78 is 5.35. The minimum absolute atomic E-state index is 0.688. The van der Waals surface area contributed by atoms with Crippen molar-refractivity contribution in [2.75, 3.05) is 37.4 Å². The van der Waals surface area contributed by atoms with E-state index in [2.05, 4.69) is 14.9 Å². The first-order chi connectivity index (χ1) is 8.72. The molecule has 5 nitrogen and oxygen atoms in total. The van der Waals surface area contributed by atoms with Crippen LogP contribution in [0.5, 0.6) is 0 Å². The highest BCUT2D eigenvalue weighted by molar-refractivity contribution is 5.91. The van der Waals surface area contributed by atoms with Gasteiger partial charge in [0.2, 0.25) is 0 Å². The molecule has 0 bridgehead atoms. The predicted molar refractivity (Wildman–Crippen MR) is 73.7 cm³/mol. The number of nitrogens with zero attached hydrogens (tertiary/aromatic N) is 3. The number of benzene rings is 1. The van der Waals surface area contributed by atoms with E-state index in [0.717, 1.165) is 29.9 Å². The van der Waals surface area contributed by atoms with Gasteiger partial charge in [0.15, 0.2) is 0 Å². The Hall–Kier alpha value is -1.88. The lowest BCUT2D eigenvalue weighted by Gasteiger charge is -2.19. The van der Waals surface area contributed by atoms with Crippen molar-refractivity contribution in [3.63, 3.8) is 0 Å². The number of nitrogen functional groups attached to an aromatic ring is 1. The number of ether oxygens (including phenoxy) is 1. The molecule has 0 aliphatic heterocycles. The molecule has 2 aromatic rings. The second-order valence-electron chi connectivity index (χ2n) is 4.09. The van der Waals surface area contributed by atoms with Gasteiger partial charge in [-0.3, -0.25) is 0 Å². The van der Waals surface area contributed by atoms with Gasteiger partial charge in [0.1, 0.15) is 12.1 Å². The fraction of sp³-hybridized carbons (Fsp3) is 0.385. The van der Waals surface area contributed by atoms with Gasteiger partial charge < -0.3 is 15.4 Å². The van der Waals surface area contributed by atoms with Crippen LogP contribution < -0.4 is 10.6 Å².